The van der Waals surface area contributed by atoms with Gasteiger partial charge in [-0.25, -0.2) is 9.67 Å². The number of hydrogen-bond acceptors (Lipinski definition) is 7. The Balaban J connectivity index is 1.23. The number of amides is 1. The van der Waals surface area contributed by atoms with Crippen molar-refractivity contribution in [2.24, 2.45) is 5.10 Å². The van der Waals surface area contributed by atoms with Gasteiger partial charge < -0.3 is 10.2 Å². The van der Waals surface area contributed by atoms with E-state index in [2.05, 4.69) is 39.2 Å². The van der Waals surface area contributed by atoms with Gasteiger partial charge in [0.25, 0.3) is 0 Å². The van der Waals surface area contributed by atoms with E-state index in [4.69, 9.17) is 0 Å². The average Bonchev–Trinajstić information content (AvgIpc) is 3.56. The molecule has 0 spiro atoms. The van der Waals surface area contributed by atoms with Gasteiger partial charge in [-0.1, -0.05) is 68.1 Å². The highest BCUT2D eigenvalue weighted by Crippen LogP contribution is 2.33. The van der Waals surface area contributed by atoms with Gasteiger partial charge in [0.05, 0.1) is 23.7 Å². The molecule has 1 aliphatic heterocycles. The number of thioether (sulfide) groups is 1. The van der Waals surface area contributed by atoms with Crippen LogP contribution in [0.25, 0.3) is 17.1 Å². The summed E-state index contributed by atoms with van der Waals surface area (Å²) in [6.45, 7) is 4.64. The number of carbonyl (C=O) groups is 1. The van der Waals surface area contributed by atoms with E-state index >= 15 is 0 Å². The molecule has 1 fully saturated rings. The average molecular weight is 567 g/mol. The molecule has 0 bridgehead atoms. The van der Waals surface area contributed by atoms with Crippen LogP contribution in [0.5, 0.6) is 5.75 Å². The van der Waals surface area contributed by atoms with E-state index in [1.807, 2.05) is 48.5 Å². The molecule has 1 amide bonds. The van der Waals surface area contributed by atoms with Crippen molar-refractivity contribution in [3.63, 3.8) is 0 Å². The molecule has 0 saturated carbocycles. The number of alkyl halides is 3. The maximum Gasteiger partial charge on any atom is 0.573 e. The maximum atomic E-state index is 12.7. The summed E-state index contributed by atoms with van der Waals surface area (Å²) in [6, 6.07) is 20.8. The van der Waals surface area contributed by atoms with Gasteiger partial charge in [0.2, 0.25) is 5.91 Å². The Morgan fingerprint density at radius 2 is 1.77 bits per heavy atom. The molecule has 40 heavy (non-hydrogen) atoms. The first-order valence-electron chi connectivity index (χ1n) is 12.4. The van der Waals surface area contributed by atoms with Gasteiger partial charge in [0, 0.05) is 5.56 Å². The fourth-order valence-corrected chi connectivity index (χ4v) is 4.99. The third-order valence-corrected chi connectivity index (χ3v) is 6.99. The van der Waals surface area contributed by atoms with Gasteiger partial charge in [-0.2, -0.15) is 5.10 Å². The van der Waals surface area contributed by atoms with Crippen LogP contribution >= 0.6 is 11.8 Å². The van der Waals surface area contributed by atoms with Crippen molar-refractivity contribution in [2.75, 3.05) is 10.7 Å². The van der Waals surface area contributed by atoms with Crippen LogP contribution in [0.2, 0.25) is 0 Å². The number of ether oxygens (including phenoxy) is 1. The Kier molecular flexibility index (Phi) is 7.78. The molecule has 0 atom stereocenters. The normalized spacial score (nSPS) is 14.8. The first-order chi connectivity index (χ1) is 19.2. The van der Waals surface area contributed by atoms with Gasteiger partial charge >= 0.3 is 6.36 Å². The van der Waals surface area contributed by atoms with E-state index < -0.39 is 6.36 Å². The Morgan fingerprint density at radius 3 is 2.48 bits per heavy atom. The predicted octanol–water partition coefficient (Wildman–Crippen LogP) is 6.10. The number of para-hydroxylation sites is 1. The zero-order chi connectivity index (χ0) is 28.3. The minimum Gasteiger partial charge on any atom is -0.406 e. The first kappa shape index (κ1) is 27.3. The molecule has 1 saturated heterocycles. The van der Waals surface area contributed by atoms with Crippen LogP contribution in [0.4, 0.5) is 18.9 Å². The fraction of sp³-hybridized carbons (Fsp3) is 0.214. The number of anilines is 1. The summed E-state index contributed by atoms with van der Waals surface area (Å²) in [5.41, 5.74) is 7.31. The smallest absolute Gasteiger partial charge is 0.406 e. The number of nitrogens with one attached hydrogen (secondary N) is 1. The number of hydrogen-bond donors (Lipinski definition) is 1. The molecule has 206 valence electrons. The van der Waals surface area contributed by atoms with Crippen molar-refractivity contribution in [2.45, 2.75) is 32.7 Å². The van der Waals surface area contributed by atoms with Gasteiger partial charge in [0.15, 0.2) is 11.0 Å². The number of carbonyl (C=O) groups excluding carboxylic acids is 1. The number of hydrazone groups is 1. The molecule has 0 aliphatic carbocycles. The third kappa shape index (κ3) is 6.28. The molecule has 1 aliphatic rings. The predicted molar refractivity (Wildman–Crippen MR) is 148 cm³/mol. The van der Waals surface area contributed by atoms with Crippen molar-refractivity contribution in [3.8, 4) is 22.8 Å². The van der Waals surface area contributed by atoms with E-state index in [0.717, 1.165) is 22.4 Å². The summed E-state index contributed by atoms with van der Waals surface area (Å²) < 4.78 is 42.5. The zero-order valence-electron chi connectivity index (χ0n) is 21.6. The first-order valence-corrected chi connectivity index (χ1v) is 13.4. The molecule has 8 nitrogen and oxygen atoms in total. The van der Waals surface area contributed by atoms with E-state index in [1.54, 1.807) is 4.90 Å². The second kappa shape index (κ2) is 11.4. The molecule has 0 radical (unpaired) electrons. The van der Waals surface area contributed by atoms with Crippen LogP contribution in [0, 0.1) is 0 Å². The van der Waals surface area contributed by atoms with Gasteiger partial charge in [-0.3, -0.25) is 9.69 Å². The summed E-state index contributed by atoms with van der Waals surface area (Å²) in [7, 11) is 0. The van der Waals surface area contributed by atoms with Gasteiger partial charge in [0.1, 0.15) is 12.1 Å². The lowest BCUT2D eigenvalue weighted by Gasteiger charge is -2.21. The highest BCUT2D eigenvalue weighted by atomic mass is 32.2. The molecule has 1 aromatic heterocycles. The molecule has 12 heteroatoms. The number of nitrogens with zero attached hydrogens (tertiary/aromatic N) is 5. The summed E-state index contributed by atoms with van der Waals surface area (Å²) in [4.78, 5) is 18.6. The topological polar surface area (TPSA) is 84.6 Å². The van der Waals surface area contributed by atoms with Gasteiger partial charge in [-0.15, -0.1) is 18.3 Å². The van der Waals surface area contributed by atoms with E-state index in [1.165, 1.54) is 47.0 Å². The van der Waals surface area contributed by atoms with E-state index in [-0.39, 0.29) is 17.6 Å². The summed E-state index contributed by atoms with van der Waals surface area (Å²) in [6.07, 6.45) is -3.25. The van der Waals surface area contributed by atoms with E-state index in [0.29, 0.717) is 29.0 Å². The van der Waals surface area contributed by atoms with E-state index in [9.17, 15) is 18.0 Å². The van der Waals surface area contributed by atoms with Crippen LogP contribution in [-0.2, 0) is 11.3 Å². The van der Waals surface area contributed by atoms with Crippen LogP contribution < -0.4 is 15.1 Å². The molecule has 0 unspecified atom stereocenters. The molecular formula is C28H25F3N6O2S. The Bertz CT molecular complexity index is 1520. The molecule has 1 N–H and O–H groups in total. The summed E-state index contributed by atoms with van der Waals surface area (Å²) in [5, 5.41) is 9.55. The molecule has 3 aromatic carbocycles. The Morgan fingerprint density at radius 1 is 1.05 bits per heavy atom. The van der Waals surface area contributed by atoms with Crippen molar-refractivity contribution in [3.05, 3.63) is 90.3 Å². The minimum atomic E-state index is -4.74. The SMILES string of the molecule is CC(C)c1ccccc1N1C(=O)CS/C1=N\NCc1ccc(-c2ncn(-c3ccc(OC(F)(F)F)cc3)n2)cc1. The number of rotatable bonds is 8. The highest BCUT2D eigenvalue weighted by molar-refractivity contribution is 8.15. The van der Waals surface area contributed by atoms with Crippen molar-refractivity contribution in [1.82, 2.24) is 20.2 Å². The Labute approximate surface area is 232 Å². The fourth-order valence-electron chi connectivity index (χ4n) is 4.15. The van der Waals surface area contributed by atoms with Crippen LogP contribution in [0.1, 0.15) is 30.9 Å². The number of aromatic nitrogens is 3. The zero-order valence-corrected chi connectivity index (χ0v) is 22.4. The Hall–Kier alpha value is -4.32. The third-order valence-electron chi connectivity index (χ3n) is 6.06. The molecular weight excluding hydrogens is 541 g/mol. The lowest BCUT2D eigenvalue weighted by molar-refractivity contribution is -0.274. The second-order valence-electron chi connectivity index (χ2n) is 9.21. The number of benzene rings is 3. The monoisotopic (exact) mass is 566 g/mol. The molecule has 5 rings (SSSR count). The highest BCUT2D eigenvalue weighted by Gasteiger charge is 2.32. The maximum absolute atomic E-state index is 12.7. The minimum absolute atomic E-state index is 0.000485. The van der Waals surface area contributed by atoms with Crippen molar-refractivity contribution in [1.29, 1.82) is 0 Å². The van der Waals surface area contributed by atoms with Crippen LogP contribution in [0.15, 0.2) is 84.2 Å². The lowest BCUT2D eigenvalue weighted by atomic mass is 10.0. The van der Waals surface area contributed by atoms with Crippen molar-refractivity contribution < 1.29 is 22.7 Å². The number of halogens is 3. The van der Waals surface area contributed by atoms with Crippen LogP contribution in [-0.4, -0.2) is 38.0 Å². The molecule has 2 heterocycles. The standard InChI is InChI=1S/C28H25F3N6O2S/c1-18(2)23-5-3-4-6-24(23)37-25(38)16-40-27(37)34-33-15-19-7-9-20(10-8-19)26-32-17-36(35-26)21-11-13-22(14-12-21)39-28(29,30)31/h3-14,17-18,33H,15-16H2,1-2H3/b34-27-. The number of amidine groups is 1. The quantitative estimate of drug-likeness (QED) is 0.260. The molecule has 4 aromatic rings. The lowest BCUT2D eigenvalue weighted by Crippen LogP contribution is -2.31. The summed E-state index contributed by atoms with van der Waals surface area (Å²) in [5.74, 6) is 0.766. The summed E-state index contributed by atoms with van der Waals surface area (Å²) >= 11 is 1.40. The van der Waals surface area contributed by atoms with Gasteiger partial charge in [-0.05, 0) is 47.4 Å². The van der Waals surface area contributed by atoms with Crippen LogP contribution in [0.3, 0.4) is 0 Å². The second-order valence-corrected chi connectivity index (χ2v) is 10.2. The van der Waals surface area contributed by atoms with Crippen molar-refractivity contribution >= 4 is 28.5 Å². The largest absolute Gasteiger partial charge is 0.573 e.